The first kappa shape index (κ1) is 18.3. The van der Waals surface area contributed by atoms with Crippen LogP contribution in [-0.4, -0.2) is 32.6 Å². The molecule has 0 saturated heterocycles. The number of nitro groups is 1. The molecule has 0 aliphatic rings. The maximum Gasteiger partial charge on any atom is 0.278 e. The predicted octanol–water partition coefficient (Wildman–Crippen LogP) is 3.49. The molecule has 0 aliphatic carbocycles. The molecule has 0 radical (unpaired) electrons. The molecule has 0 fully saturated rings. The molecule has 0 saturated carbocycles. The summed E-state index contributed by atoms with van der Waals surface area (Å²) >= 11 is 5.21. The van der Waals surface area contributed by atoms with Crippen LogP contribution < -0.4 is 10.3 Å². The van der Waals surface area contributed by atoms with E-state index in [0.717, 1.165) is 11.3 Å². The minimum absolute atomic E-state index is 0.0365. The Hall–Kier alpha value is -3.53. The molecular formula is C17H16N6O3S. The Balaban J connectivity index is 1.84. The number of benzene rings is 2. The molecule has 10 heteroatoms. The molecule has 2 N–H and O–H groups in total. The van der Waals surface area contributed by atoms with Crippen molar-refractivity contribution in [1.29, 1.82) is 0 Å². The Bertz CT molecular complexity index is 1030. The molecule has 3 rings (SSSR count). The maximum atomic E-state index is 11.1. The quantitative estimate of drug-likeness (QED) is 0.279. The van der Waals surface area contributed by atoms with E-state index in [0.29, 0.717) is 22.8 Å². The monoisotopic (exact) mass is 384 g/mol. The van der Waals surface area contributed by atoms with Gasteiger partial charge >= 0.3 is 0 Å². The van der Waals surface area contributed by atoms with Gasteiger partial charge in [-0.2, -0.15) is 14.9 Å². The van der Waals surface area contributed by atoms with Crippen molar-refractivity contribution >= 4 is 24.1 Å². The number of hydrogen-bond donors (Lipinski definition) is 2. The van der Waals surface area contributed by atoms with E-state index in [2.05, 4.69) is 20.8 Å². The summed E-state index contributed by atoms with van der Waals surface area (Å²) in [5.74, 6) is 1.27. The van der Waals surface area contributed by atoms with Gasteiger partial charge in [-0.05, 0) is 49.5 Å². The summed E-state index contributed by atoms with van der Waals surface area (Å²) in [7, 11) is 0. The molecule has 138 valence electrons. The molecule has 0 atom stereocenters. The first-order valence-corrected chi connectivity index (χ1v) is 8.44. The highest BCUT2D eigenvalue weighted by Crippen LogP contribution is 2.20. The van der Waals surface area contributed by atoms with Crippen molar-refractivity contribution in [3.63, 3.8) is 0 Å². The van der Waals surface area contributed by atoms with Crippen molar-refractivity contribution < 1.29 is 9.66 Å². The summed E-state index contributed by atoms with van der Waals surface area (Å²) in [5.41, 5.74) is 3.87. The largest absolute Gasteiger partial charge is 0.494 e. The number of para-hydroxylation sites is 1. The van der Waals surface area contributed by atoms with Crippen LogP contribution in [0.15, 0.2) is 53.6 Å². The number of nitro benzene ring substituents is 1. The fraction of sp³-hybridized carbons (Fsp3) is 0.118. The SMILES string of the molecule is CCOc1ccc(-c2n[nH]c(=S)n2N/N=C/c2ccccc2[N+](=O)[O-])cc1. The van der Waals surface area contributed by atoms with E-state index in [4.69, 9.17) is 17.0 Å². The zero-order chi connectivity index (χ0) is 19.2. The smallest absolute Gasteiger partial charge is 0.278 e. The Kier molecular flexibility index (Phi) is 5.57. The lowest BCUT2D eigenvalue weighted by molar-refractivity contribution is -0.385. The fourth-order valence-electron chi connectivity index (χ4n) is 2.37. The van der Waals surface area contributed by atoms with Gasteiger partial charge in [0.1, 0.15) is 5.75 Å². The van der Waals surface area contributed by atoms with Crippen molar-refractivity contribution in [1.82, 2.24) is 14.9 Å². The lowest BCUT2D eigenvalue weighted by atomic mass is 10.2. The van der Waals surface area contributed by atoms with Gasteiger partial charge < -0.3 is 4.74 Å². The van der Waals surface area contributed by atoms with E-state index in [9.17, 15) is 10.1 Å². The van der Waals surface area contributed by atoms with Gasteiger partial charge in [0.15, 0.2) is 5.82 Å². The summed E-state index contributed by atoms with van der Waals surface area (Å²) in [6, 6.07) is 13.7. The number of nitrogens with zero attached hydrogens (tertiary/aromatic N) is 4. The van der Waals surface area contributed by atoms with Crippen LogP contribution in [0.4, 0.5) is 5.69 Å². The Morgan fingerprint density at radius 1 is 1.33 bits per heavy atom. The van der Waals surface area contributed by atoms with Crippen molar-refractivity contribution in [2.75, 3.05) is 12.1 Å². The van der Waals surface area contributed by atoms with E-state index < -0.39 is 4.92 Å². The first-order chi connectivity index (χ1) is 13.1. The fourth-order valence-corrected chi connectivity index (χ4v) is 2.54. The van der Waals surface area contributed by atoms with Gasteiger partial charge in [-0.3, -0.25) is 10.1 Å². The number of aromatic nitrogens is 3. The molecule has 1 aromatic heterocycles. The zero-order valence-electron chi connectivity index (χ0n) is 14.3. The van der Waals surface area contributed by atoms with Crippen molar-refractivity contribution in [2.45, 2.75) is 6.92 Å². The molecule has 2 aromatic carbocycles. The predicted molar refractivity (Wildman–Crippen MR) is 104 cm³/mol. The Labute approximate surface area is 159 Å². The summed E-state index contributed by atoms with van der Waals surface area (Å²) in [4.78, 5) is 10.6. The summed E-state index contributed by atoms with van der Waals surface area (Å²) in [6.07, 6.45) is 1.36. The van der Waals surface area contributed by atoms with Crippen LogP contribution in [-0.2, 0) is 0 Å². The minimum Gasteiger partial charge on any atom is -0.494 e. The number of rotatable bonds is 7. The van der Waals surface area contributed by atoms with E-state index in [1.165, 1.54) is 17.0 Å². The molecule has 0 bridgehead atoms. The van der Waals surface area contributed by atoms with Gasteiger partial charge in [-0.1, -0.05) is 12.1 Å². The molecule has 0 spiro atoms. The van der Waals surface area contributed by atoms with Gasteiger partial charge in [-0.15, -0.1) is 0 Å². The third-order valence-corrected chi connectivity index (χ3v) is 3.86. The molecule has 0 aliphatic heterocycles. The van der Waals surface area contributed by atoms with Crippen molar-refractivity contribution in [3.05, 3.63) is 69.0 Å². The van der Waals surface area contributed by atoms with Crippen LogP contribution in [0.5, 0.6) is 5.75 Å². The molecule has 27 heavy (non-hydrogen) atoms. The number of aromatic amines is 1. The van der Waals surface area contributed by atoms with E-state index in [1.54, 1.807) is 18.2 Å². The number of H-pyrrole nitrogens is 1. The van der Waals surface area contributed by atoms with Gasteiger partial charge in [0.2, 0.25) is 4.77 Å². The molecule has 0 unspecified atom stereocenters. The Morgan fingerprint density at radius 2 is 2.07 bits per heavy atom. The molecule has 3 aromatic rings. The molecule has 1 heterocycles. The standard InChI is InChI=1S/C17H16N6O3S/c1-2-26-14-9-7-12(8-10-14)16-19-20-17(27)22(16)21-18-11-13-5-3-4-6-15(13)23(24)25/h3-11,21H,2H2,1H3,(H,20,27)/b18-11+. The summed E-state index contributed by atoms with van der Waals surface area (Å²) < 4.78 is 7.20. The normalized spacial score (nSPS) is 10.9. The lowest BCUT2D eigenvalue weighted by Gasteiger charge is -2.07. The summed E-state index contributed by atoms with van der Waals surface area (Å²) in [5, 5.41) is 22.0. The zero-order valence-corrected chi connectivity index (χ0v) is 15.1. The lowest BCUT2D eigenvalue weighted by Crippen LogP contribution is -2.11. The first-order valence-electron chi connectivity index (χ1n) is 8.03. The van der Waals surface area contributed by atoms with Crippen molar-refractivity contribution in [2.24, 2.45) is 5.10 Å². The third kappa shape index (κ3) is 4.18. The second-order valence-electron chi connectivity index (χ2n) is 5.32. The minimum atomic E-state index is -0.462. The van der Waals surface area contributed by atoms with E-state index >= 15 is 0 Å². The van der Waals surface area contributed by atoms with Gasteiger partial charge in [0.05, 0.1) is 23.3 Å². The van der Waals surface area contributed by atoms with Gasteiger partial charge in [0, 0.05) is 11.6 Å². The third-order valence-electron chi connectivity index (χ3n) is 3.59. The average molecular weight is 384 g/mol. The second kappa shape index (κ2) is 8.23. The average Bonchev–Trinajstić information content (AvgIpc) is 3.04. The van der Waals surface area contributed by atoms with Crippen LogP contribution in [0, 0.1) is 14.9 Å². The van der Waals surface area contributed by atoms with Crippen LogP contribution in [0.25, 0.3) is 11.4 Å². The highest BCUT2D eigenvalue weighted by atomic mass is 32.1. The number of hydrogen-bond acceptors (Lipinski definition) is 7. The maximum absolute atomic E-state index is 11.1. The second-order valence-corrected chi connectivity index (χ2v) is 5.71. The summed E-state index contributed by atoms with van der Waals surface area (Å²) in [6.45, 7) is 2.50. The number of hydrazone groups is 1. The van der Waals surface area contributed by atoms with Crippen LogP contribution in [0.3, 0.4) is 0 Å². The molecule has 9 nitrogen and oxygen atoms in total. The van der Waals surface area contributed by atoms with E-state index in [1.807, 2.05) is 31.2 Å². The number of nitrogens with one attached hydrogen (secondary N) is 2. The highest BCUT2D eigenvalue weighted by Gasteiger charge is 2.11. The molecular weight excluding hydrogens is 368 g/mol. The topological polar surface area (TPSA) is 110 Å². The van der Waals surface area contributed by atoms with Gasteiger partial charge in [0.25, 0.3) is 5.69 Å². The van der Waals surface area contributed by atoms with Crippen LogP contribution in [0.2, 0.25) is 0 Å². The highest BCUT2D eigenvalue weighted by molar-refractivity contribution is 7.71. The van der Waals surface area contributed by atoms with Gasteiger partial charge in [-0.25, -0.2) is 10.6 Å². The van der Waals surface area contributed by atoms with Crippen LogP contribution in [0.1, 0.15) is 12.5 Å². The van der Waals surface area contributed by atoms with Crippen LogP contribution >= 0.6 is 12.2 Å². The van der Waals surface area contributed by atoms with Crippen molar-refractivity contribution in [3.8, 4) is 17.1 Å². The molecule has 0 amide bonds. The number of ether oxygens (including phenoxy) is 1. The van der Waals surface area contributed by atoms with E-state index in [-0.39, 0.29) is 5.69 Å². The Morgan fingerprint density at radius 3 is 2.78 bits per heavy atom.